The molecule has 1 amide bonds. The van der Waals surface area contributed by atoms with Gasteiger partial charge in [-0.2, -0.15) is 0 Å². The van der Waals surface area contributed by atoms with E-state index in [1.807, 2.05) is 6.07 Å². The molecule has 0 heterocycles. The number of amides is 1. The Balaban J connectivity index is 2.89. The van der Waals surface area contributed by atoms with Crippen LogP contribution in [0.5, 0.6) is 0 Å². The summed E-state index contributed by atoms with van der Waals surface area (Å²) >= 11 is 0. The van der Waals surface area contributed by atoms with Crippen molar-refractivity contribution in [2.24, 2.45) is 0 Å². The van der Waals surface area contributed by atoms with Gasteiger partial charge < -0.3 is 10.1 Å². The van der Waals surface area contributed by atoms with Crippen molar-refractivity contribution in [3.05, 3.63) is 48.0 Å². The Hall–Kier alpha value is -2.10. The van der Waals surface area contributed by atoms with Crippen LogP contribution in [0.1, 0.15) is 18.5 Å². The Morgan fingerprint density at radius 3 is 2.47 bits per heavy atom. The average Bonchev–Trinajstić information content (AvgIpc) is 2.36. The fourth-order valence-corrected chi connectivity index (χ4v) is 1.38. The van der Waals surface area contributed by atoms with Crippen LogP contribution < -0.4 is 5.32 Å². The van der Waals surface area contributed by atoms with Crippen LogP contribution in [0.4, 0.5) is 0 Å². The second kappa shape index (κ2) is 6.48. The summed E-state index contributed by atoms with van der Waals surface area (Å²) in [7, 11) is 1.29. The standard InChI is InChI=1S/C13H15NO3/c1-3-7-11(15)14-12(13(16)17-2)10-8-5-4-6-9-10/h3-9,12H,1-2H3,(H,14,15)/b7-3+/t12-/m1/s1. The van der Waals surface area contributed by atoms with Gasteiger partial charge in [0.15, 0.2) is 6.04 Å². The summed E-state index contributed by atoms with van der Waals surface area (Å²) in [5.41, 5.74) is 0.692. The number of hydrogen-bond acceptors (Lipinski definition) is 3. The maximum Gasteiger partial charge on any atom is 0.333 e. The summed E-state index contributed by atoms with van der Waals surface area (Å²) in [5.74, 6) is -0.819. The Kier molecular flexibility index (Phi) is 4.94. The molecule has 4 nitrogen and oxygen atoms in total. The molecule has 17 heavy (non-hydrogen) atoms. The highest BCUT2D eigenvalue weighted by Crippen LogP contribution is 2.13. The zero-order chi connectivity index (χ0) is 12.7. The highest BCUT2D eigenvalue weighted by atomic mass is 16.5. The molecule has 90 valence electrons. The molecule has 0 saturated heterocycles. The number of methoxy groups -OCH3 is 1. The average molecular weight is 233 g/mol. The molecular formula is C13H15NO3. The number of nitrogens with one attached hydrogen (secondary N) is 1. The number of allylic oxidation sites excluding steroid dienone is 1. The lowest BCUT2D eigenvalue weighted by molar-refractivity contribution is -0.144. The number of rotatable bonds is 4. The normalized spacial score (nSPS) is 12.1. The molecule has 1 aromatic carbocycles. The van der Waals surface area contributed by atoms with Crippen LogP contribution in [0.15, 0.2) is 42.5 Å². The molecule has 0 fully saturated rings. The number of esters is 1. The number of carbonyl (C=O) groups is 2. The first kappa shape index (κ1) is 13.0. The SMILES string of the molecule is C/C=C/C(=O)N[C@@H](C(=O)OC)c1ccccc1. The molecule has 1 aromatic rings. The maximum absolute atomic E-state index is 11.6. The van der Waals surface area contributed by atoms with Gasteiger partial charge in [0.05, 0.1) is 7.11 Å². The van der Waals surface area contributed by atoms with Crippen molar-refractivity contribution in [3.63, 3.8) is 0 Å². The van der Waals surface area contributed by atoms with Gasteiger partial charge in [0.1, 0.15) is 0 Å². The van der Waals surface area contributed by atoms with E-state index in [-0.39, 0.29) is 5.91 Å². The third-order valence-electron chi connectivity index (χ3n) is 2.17. The van der Waals surface area contributed by atoms with E-state index in [1.54, 1.807) is 37.3 Å². The first-order valence-corrected chi connectivity index (χ1v) is 5.25. The Bertz CT molecular complexity index is 412. The van der Waals surface area contributed by atoms with E-state index in [9.17, 15) is 9.59 Å². The number of benzene rings is 1. The van der Waals surface area contributed by atoms with Crippen LogP contribution in [0.3, 0.4) is 0 Å². The van der Waals surface area contributed by atoms with Crippen molar-refractivity contribution in [1.82, 2.24) is 5.32 Å². The minimum Gasteiger partial charge on any atom is -0.467 e. The molecule has 0 bridgehead atoms. The molecule has 1 atom stereocenters. The lowest BCUT2D eigenvalue weighted by atomic mass is 10.1. The predicted molar refractivity (Wildman–Crippen MR) is 64.2 cm³/mol. The fourth-order valence-electron chi connectivity index (χ4n) is 1.38. The molecule has 0 aliphatic carbocycles. The first-order chi connectivity index (χ1) is 8.19. The summed E-state index contributed by atoms with van der Waals surface area (Å²) in [5, 5.41) is 2.58. The maximum atomic E-state index is 11.6. The van der Waals surface area contributed by atoms with E-state index in [0.717, 1.165) is 0 Å². The second-order valence-electron chi connectivity index (χ2n) is 3.38. The molecular weight excluding hydrogens is 218 g/mol. The van der Waals surface area contributed by atoms with E-state index in [1.165, 1.54) is 13.2 Å². The molecule has 0 spiro atoms. The molecule has 1 rings (SSSR count). The number of carbonyl (C=O) groups excluding carboxylic acids is 2. The minimum atomic E-state index is -0.773. The molecule has 0 aromatic heterocycles. The Labute approximate surface area is 100 Å². The molecule has 1 N–H and O–H groups in total. The van der Waals surface area contributed by atoms with E-state index in [0.29, 0.717) is 5.56 Å². The number of hydrogen-bond donors (Lipinski definition) is 1. The lowest BCUT2D eigenvalue weighted by Gasteiger charge is -2.15. The largest absolute Gasteiger partial charge is 0.467 e. The van der Waals surface area contributed by atoms with Gasteiger partial charge >= 0.3 is 5.97 Å². The monoisotopic (exact) mass is 233 g/mol. The summed E-state index contributed by atoms with van der Waals surface area (Å²) < 4.78 is 4.67. The summed E-state index contributed by atoms with van der Waals surface area (Å²) in [6, 6.07) is 8.19. The van der Waals surface area contributed by atoms with E-state index < -0.39 is 12.0 Å². The van der Waals surface area contributed by atoms with Gasteiger partial charge in [0.25, 0.3) is 0 Å². The van der Waals surface area contributed by atoms with E-state index in [2.05, 4.69) is 10.1 Å². The van der Waals surface area contributed by atoms with Crippen LogP contribution in [0.2, 0.25) is 0 Å². The van der Waals surface area contributed by atoms with Crippen LogP contribution >= 0.6 is 0 Å². The van der Waals surface area contributed by atoms with Gasteiger partial charge in [0.2, 0.25) is 5.91 Å². The van der Waals surface area contributed by atoms with Crippen LogP contribution in [-0.4, -0.2) is 19.0 Å². The minimum absolute atomic E-state index is 0.327. The predicted octanol–water partition coefficient (Wildman–Crippen LogP) is 1.59. The van der Waals surface area contributed by atoms with Crippen LogP contribution in [0, 0.1) is 0 Å². The Morgan fingerprint density at radius 2 is 1.94 bits per heavy atom. The van der Waals surface area contributed by atoms with Crippen LogP contribution in [-0.2, 0) is 14.3 Å². The van der Waals surface area contributed by atoms with Crippen molar-refractivity contribution in [3.8, 4) is 0 Å². The van der Waals surface area contributed by atoms with Gasteiger partial charge in [-0.3, -0.25) is 4.79 Å². The summed E-state index contributed by atoms with van der Waals surface area (Å²) in [6.07, 6.45) is 2.97. The van der Waals surface area contributed by atoms with Gasteiger partial charge in [-0.1, -0.05) is 36.4 Å². The van der Waals surface area contributed by atoms with Crippen molar-refractivity contribution in [2.75, 3.05) is 7.11 Å². The topological polar surface area (TPSA) is 55.4 Å². The number of ether oxygens (including phenoxy) is 1. The quantitative estimate of drug-likeness (QED) is 0.634. The second-order valence-corrected chi connectivity index (χ2v) is 3.38. The lowest BCUT2D eigenvalue weighted by Crippen LogP contribution is -2.33. The van der Waals surface area contributed by atoms with Gasteiger partial charge in [-0.25, -0.2) is 4.79 Å². The molecule has 0 aliphatic heterocycles. The zero-order valence-electron chi connectivity index (χ0n) is 9.84. The summed E-state index contributed by atoms with van der Waals surface area (Å²) in [4.78, 5) is 23.0. The summed E-state index contributed by atoms with van der Waals surface area (Å²) in [6.45, 7) is 1.73. The molecule has 0 unspecified atom stereocenters. The van der Waals surface area contributed by atoms with E-state index in [4.69, 9.17) is 0 Å². The van der Waals surface area contributed by atoms with Crippen molar-refractivity contribution in [2.45, 2.75) is 13.0 Å². The van der Waals surface area contributed by atoms with Gasteiger partial charge in [-0.05, 0) is 18.6 Å². The van der Waals surface area contributed by atoms with Gasteiger partial charge in [-0.15, -0.1) is 0 Å². The van der Waals surface area contributed by atoms with Crippen molar-refractivity contribution >= 4 is 11.9 Å². The molecule has 0 saturated carbocycles. The molecule has 4 heteroatoms. The molecule has 0 radical (unpaired) electrons. The van der Waals surface area contributed by atoms with Crippen molar-refractivity contribution in [1.29, 1.82) is 0 Å². The molecule has 0 aliphatic rings. The van der Waals surface area contributed by atoms with Crippen molar-refractivity contribution < 1.29 is 14.3 Å². The smallest absolute Gasteiger partial charge is 0.333 e. The highest BCUT2D eigenvalue weighted by Gasteiger charge is 2.22. The third kappa shape index (κ3) is 3.75. The first-order valence-electron chi connectivity index (χ1n) is 5.25. The zero-order valence-corrected chi connectivity index (χ0v) is 9.84. The van der Waals surface area contributed by atoms with Crippen LogP contribution in [0.25, 0.3) is 0 Å². The van der Waals surface area contributed by atoms with Gasteiger partial charge in [0, 0.05) is 0 Å². The fraction of sp³-hybridized carbons (Fsp3) is 0.231. The highest BCUT2D eigenvalue weighted by molar-refractivity contribution is 5.91. The third-order valence-corrected chi connectivity index (χ3v) is 2.17. The Morgan fingerprint density at radius 1 is 1.29 bits per heavy atom. The van der Waals surface area contributed by atoms with E-state index >= 15 is 0 Å².